The Kier molecular flexibility index (Phi) is 37.3. The molecule has 2 amide bonds. The van der Waals surface area contributed by atoms with E-state index in [1.165, 1.54) is 12.2 Å². The van der Waals surface area contributed by atoms with Crippen molar-refractivity contribution in [3.8, 4) is 0 Å². The number of nitrogens with zero attached hydrogens (tertiary/aromatic N) is 2. The van der Waals surface area contributed by atoms with Crippen LogP contribution in [0.5, 0.6) is 0 Å². The number of aliphatic hydroxyl groups is 3. The highest BCUT2D eigenvalue weighted by molar-refractivity contribution is 5.76. The van der Waals surface area contributed by atoms with Crippen molar-refractivity contribution in [1.82, 2.24) is 10.6 Å². The van der Waals surface area contributed by atoms with E-state index in [9.17, 15) is 29.4 Å². The van der Waals surface area contributed by atoms with E-state index in [4.69, 9.17) is 9.84 Å². The minimum absolute atomic E-state index is 0.0552. The number of nitrogens with one attached hydrogen (secondary N) is 2. The summed E-state index contributed by atoms with van der Waals surface area (Å²) in [5.41, 5.74) is 0. The van der Waals surface area contributed by atoms with Gasteiger partial charge in [0.2, 0.25) is 18.1 Å². The summed E-state index contributed by atoms with van der Waals surface area (Å²) in [7, 11) is 0. The number of unbranched alkanes of at least 4 members (excludes halogenated alkanes) is 6. The number of amides is 2. The highest BCUT2D eigenvalue weighted by atomic mass is 16.6. The van der Waals surface area contributed by atoms with Gasteiger partial charge >= 0.3 is 6.09 Å². The second kappa shape index (κ2) is 35.9. The molecule has 0 aliphatic rings. The molecule has 12 nitrogen and oxygen atoms in total. The standard InChI is InChI=1S/C21H42N2O5.C8H12N2O2.C4H10O/c1-5-18(13-16(3)24)15-20(26)22-11-9-7-8-10-12-23-21(27)28-19(6-2)14-17(4)25;11-7-9-5-3-1-2-4-6-10-8-12;1-3-4(2)5/h16-19,24-25H,5-15H2,1-4H3,(H,22,26)(H,23,27);1-6H2;4-5H,3H2,1-2H3. The molecule has 12 heteroatoms. The van der Waals surface area contributed by atoms with Crippen molar-refractivity contribution in [3.63, 3.8) is 0 Å². The Labute approximate surface area is 271 Å². The monoisotopic (exact) mass is 644 g/mol. The van der Waals surface area contributed by atoms with Gasteiger partial charge in [-0.1, -0.05) is 52.9 Å². The lowest BCUT2D eigenvalue weighted by Crippen LogP contribution is -2.31. The highest BCUT2D eigenvalue weighted by Crippen LogP contribution is 2.15. The lowest BCUT2D eigenvalue weighted by atomic mass is 9.95. The molecule has 0 spiro atoms. The van der Waals surface area contributed by atoms with Crippen LogP contribution in [0.2, 0.25) is 0 Å². The molecule has 0 saturated carbocycles. The Bertz CT molecular complexity index is 723. The van der Waals surface area contributed by atoms with Crippen molar-refractivity contribution in [2.24, 2.45) is 15.9 Å². The number of carbonyl (C=O) groups excluding carboxylic acids is 4. The van der Waals surface area contributed by atoms with Crippen LogP contribution in [0.25, 0.3) is 0 Å². The molecule has 0 aromatic carbocycles. The fourth-order valence-corrected chi connectivity index (χ4v) is 3.93. The maximum Gasteiger partial charge on any atom is 0.407 e. The molecule has 5 unspecified atom stereocenters. The lowest BCUT2D eigenvalue weighted by molar-refractivity contribution is -0.122. The molecule has 0 bridgehead atoms. The molecule has 45 heavy (non-hydrogen) atoms. The number of alkyl carbamates (subject to hydrolysis) is 1. The second-order valence-electron chi connectivity index (χ2n) is 11.4. The molecule has 0 fully saturated rings. The molecule has 0 aliphatic heterocycles. The number of aliphatic imine (C=N–C) groups is 2. The molecule has 0 aliphatic carbocycles. The molecule has 0 saturated heterocycles. The number of hydrogen-bond donors (Lipinski definition) is 5. The average molecular weight is 645 g/mol. The summed E-state index contributed by atoms with van der Waals surface area (Å²) in [6, 6.07) is 0. The molecule has 0 aromatic rings. The number of hydrogen-bond acceptors (Lipinski definition) is 10. The molecule has 0 radical (unpaired) electrons. The molecule has 5 atom stereocenters. The van der Waals surface area contributed by atoms with E-state index in [1.54, 1.807) is 20.8 Å². The topological polar surface area (TPSA) is 187 Å². The minimum Gasteiger partial charge on any atom is -0.446 e. The van der Waals surface area contributed by atoms with Crippen LogP contribution >= 0.6 is 0 Å². The van der Waals surface area contributed by atoms with Gasteiger partial charge in [-0.05, 0) is 71.6 Å². The summed E-state index contributed by atoms with van der Waals surface area (Å²) in [6.07, 6.45) is 12.9. The van der Waals surface area contributed by atoms with Crippen LogP contribution in [0.15, 0.2) is 9.98 Å². The molecule has 264 valence electrons. The van der Waals surface area contributed by atoms with Gasteiger partial charge in [0.1, 0.15) is 6.10 Å². The van der Waals surface area contributed by atoms with E-state index < -0.39 is 12.2 Å². The summed E-state index contributed by atoms with van der Waals surface area (Å²) in [6.45, 7) is 13.5. The number of isocyanates is 2. The smallest absolute Gasteiger partial charge is 0.407 e. The van der Waals surface area contributed by atoms with Crippen molar-refractivity contribution in [3.05, 3.63) is 0 Å². The third-order valence-electron chi connectivity index (χ3n) is 6.76. The Balaban J connectivity index is -0.000000849. The van der Waals surface area contributed by atoms with Gasteiger partial charge < -0.3 is 30.7 Å². The van der Waals surface area contributed by atoms with Gasteiger partial charge in [0, 0.05) is 25.9 Å². The quantitative estimate of drug-likeness (QED) is 0.0544. The zero-order valence-electron chi connectivity index (χ0n) is 28.9. The fourth-order valence-electron chi connectivity index (χ4n) is 3.93. The van der Waals surface area contributed by atoms with Gasteiger partial charge in [0.25, 0.3) is 0 Å². The Morgan fingerprint density at radius 2 is 1.13 bits per heavy atom. The van der Waals surface area contributed by atoms with Gasteiger partial charge in [0.05, 0.1) is 31.4 Å². The summed E-state index contributed by atoms with van der Waals surface area (Å²) >= 11 is 0. The Morgan fingerprint density at radius 3 is 1.53 bits per heavy atom. The Hall–Kier alpha value is -2.62. The molecule has 5 N–H and O–H groups in total. The number of carbonyl (C=O) groups is 2. The van der Waals surface area contributed by atoms with Gasteiger partial charge in [0.15, 0.2) is 0 Å². The minimum atomic E-state index is -0.482. The van der Waals surface area contributed by atoms with Crippen LogP contribution in [0, 0.1) is 5.92 Å². The van der Waals surface area contributed by atoms with E-state index in [0.29, 0.717) is 51.9 Å². The lowest BCUT2D eigenvalue weighted by Gasteiger charge is -2.17. The van der Waals surface area contributed by atoms with Crippen molar-refractivity contribution in [2.75, 3.05) is 26.2 Å². The summed E-state index contributed by atoms with van der Waals surface area (Å²) < 4.78 is 5.27. The van der Waals surface area contributed by atoms with Gasteiger partial charge in [-0.3, -0.25) is 4.79 Å². The molecule has 0 rings (SSSR count). The van der Waals surface area contributed by atoms with Crippen molar-refractivity contribution >= 4 is 24.2 Å². The van der Waals surface area contributed by atoms with E-state index in [-0.39, 0.29) is 30.1 Å². The first-order valence-electron chi connectivity index (χ1n) is 16.8. The molecular weight excluding hydrogens is 580 g/mol. The van der Waals surface area contributed by atoms with E-state index >= 15 is 0 Å². The van der Waals surface area contributed by atoms with Crippen LogP contribution in [0.4, 0.5) is 4.79 Å². The van der Waals surface area contributed by atoms with Crippen LogP contribution in [-0.4, -0.2) is 90.1 Å². The zero-order valence-corrected chi connectivity index (χ0v) is 28.9. The van der Waals surface area contributed by atoms with Crippen LogP contribution < -0.4 is 10.6 Å². The molecular formula is C33H64N4O8. The predicted molar refractivity (Wildman–Crippen MR) is 177 cm³/mol. The second-order valence-corrected chi connectivity index (χ2v) is 11.4. The van der Waals surface area contributed by atoms with E-state index in [1.807, 2.05) is 20.8 Å². The van der Waals surface area contributed by atoms with Crippen LogP contribution in [0.1, 0.15) is 131 Å². The third kappa shape index (κ3) is 41.4. The summed E-state index contributed by atoms with van der Waals surface area (Å²) in [4.78, 5) is 49.7. The van der Waals surface area contributed by atoms with Crippen LogP contribution in [0.3, 0.4) is 0 Å². The summed E-state index contributed by atoms with van der Waals surface area (Å²) in [5, 5.41) is 32.8. The largest absolute Gasteiger partial charge is 0.446 e. The van der Waals surface area contributed by atoms with Gasteiger partial charge in [-0.25, -0.2) is 24.4 Å². The van der Waals surface area contributed by atoms with Crippen LogP contribution in [-0.2, 0) is 19.1 Å². The first kappa shape index (κ1) is 46.8. The normalized spacial score (nSPS) is 13.4. The average Bonchev–Trinajstić information content (AvgIpc) is 2.99. The number of rotatable bonds is 24. The summed E-state index contributed by atoms with van der Waals surface area (Å²) in [5.74, 6) is 0.290. The zero-order chi connectivity index (χ0) is 34.7. The Morgan fingerprint density at radius 1 is 0.667 bits per heavy atom. The van der Waals surface area contributed by atoms with E-state index in [0.717, 1.165) is 64.2 Å². The van der Waals surface area contributed by atoms with Crippen molar-refractivity contribution in [1.29, 1.82) is 0 Å². The third-order valence-corrected chi connectivity index (χ3v) is 6.76. The first-order chi connectivity index (χ1) is 21.5. The fraction of sp³-hybridized carbons (Fsp3) is 0.879. The van der Waals surface area contributed by atoms with Crippen molar-refractivity contribution < 1.29 is 39.2 Å². The number of ether oxygens (including phenoxy) is 1. The van der Waals surface area contributed by atoms with Gasteiger partial charge in [-0.2, -0.15) is 0 Å². The van der Waals surface area contributed by atoms with Crippen molar-refractivity contribution in [2.45, 2.75) is 156 Å². The number of aliphatic hydroxyl groups excluding tert-OH is 3. The maximum atomic E-state index is 11.9. The molecule has 0 aromatic heterocycles. The van der Waals surface area contributed by atoms with E-state index in [2.05, 4.69) is 20.6 Å². The predicted octanol–water partition coefficient (Wildman–Crippen LogP) is 5.12. The maximum absolute atomic E-state index is 11.9. The first-order valence-corrected chi connectivity index (χ1v) is 16.8. The SMILES string of the molecule is CCC(C)O.CCC(CC(=O)NCCCCCCNC(=O)OC(CC)CC(C)O)CC(C)O.O=C=NCCCCCCN=C=O. The van der Waals surface area contributed by atoms with Gasteiger partial charge in [-0.15, -0.1) is 0 Å². The highest BCUT2D eigenvalue weighted by Gasteiger charge is 2.15. The molecule has 0 heterocycles.